The van der Waals surface area contributed by atoms with E-state index in [-0.39, 0.29) is 11.9 Å². The van der Waals surface area contributed by atoms with Gasteiger partial charge in [-0.15, -0.1) is 0 Å². The third-order valence-electron chi connectivity index (χ3n) is 3.01. The van der Waals surface area contributed by atoms with Gasteiger partial charge in [0.15, 0.2) is 0 Å². The molecule has 1 rings (SSSR count). The van der Waals surface area contributed by atoms with Gasteiger partial charge in [0.2, 0.25) is 0 Å². The molecule has 0 N–H and O–H groups in total. The lowest BCUT2D eigenvalue weighted by Crippen LogP contribution is -2.16. The standard InChI is InChI=1S/C11H19FO2/c1-14-11(13)8-7-9-5-3-2-4-6-10(9)12/h9-10H,2-8H2,1H3. The third kappa shape index (κ3) is 3.64. The minimum absolute atomic E-state index is 0.0802. The van der Waals surface area contributed by atoms with E-state index in [0.29, 0.717) is 19.3 Å². The molecule has 2 atom stereocenters. The summed E-state index contributed by atoms with van der Waals surface area (Å²) in [6.07, 6.45) is 5.14. The molecule has 1 aliphatic carbocycles. The Hall–Kier alpha value is -0.600. The van der Waals surface area contributed by atoms with Crippen molar-refractivity contribution in [1.29, 1.82) is 0 Å². The fourth-order valence-electron chi connectivity index (χ4n) is 2.07. The Bertz CT molecular complexity index is 182. The van der Waals surface area contributed by atoms with Crippen LogP contribution in [0.25, 0.3) is 0 Å². The molecule has 0 radical (unpaired) electrons. The first-order valence-corrected chi connectivity index (χ1v) is 5.45. The number of hydrogen-bond acceptors (Lipinski definition) is 2. The van der Waals surface area contributed by atoms with E-state index in [4.69, 9.17) is 0 Å². The quantitative estimate of drug-likeness (QED) is 0.519. The SMILES string of the molecule is COC(=O)CCC1CCCCCC1F. The summed E-state index contributed by atoms with van der Waals surface area (Å²) in [6.45, 7) is 0. The number of methoxy groups -OCH3 is 1. The van der Waals surface area contributed by atoms with Gasteiger partial charge in [-0.05, 0) is 25.2 Å². The van der Waals surface area contributed by atoms with Crippen molar-refractivity contribution in [3.05, 3.63) is 0 Å². The molecule has 1 saturated carbocycles. The maximum atomic E-state index is 13.5. The molecule has 2 unspecified atom stereocenters. The molecule has 0 amide bonds. The van der Waals surface area contributed by atoms with Crippen LogP contribution in [0.4, 0.5) is 4.39 Å². The Labute approximate surface area is 84.8 Å². The Balaban J connectivity index is 2.29. The lowest BCUT2D eigenvalue weighted by atomic mass is 9.93. The highest BCUT2D eigenvalue weighted by Crippen LogP contribution is 2.29. The highest BCUT2D eigenvalue weighted by Gasteiger charge is 2.23. The van der Waals surface area contributed by atoms with E-state index < -0.39 is 6.17 Å². The number of esters is 1. The lowest BCUT2D eigenvalue weighted by molar-refractivity contribution is -0.141. The molecule has 14 heavy (non-hydrogen) atoms. The minimum Gasteiger partial charge on any atom is -0.469 e. The molecule has 0 spiro atoms. The van der Waals surface area contributed by atoms with Crippen LogP contribution in [0.15, 0.2) is 0 Å². The molecule has 82 valence electrons. The van der Waals surface area contributed by atoms with E-state index in [1.807, 2.05) is 0 Å². The molecule has 2 nitrogen and oxygen atoms in total. The van der Waals surface area contributed by atoms with Gasteiger partial charge in [0.25, 0.3) is 0 Å². The van der Waals surface area contributed by atoms with Crippen molar-refractivity contribution in [1.82, 2.24) is 0 Å². The second-order valence-corrected chi connectivity index (χ2v) is 4.03. The fourth-order valence-corrected chi connectivity index (χ4v) is 2.07. The van der Waals surface area contributed by atoms with Crippen LogP contribution in [0.5, 0.6) is 0 Å². The first-order chi connectivity index (χ1) is 6.74. The van der Waals surface area contributed by atoms with Gasteiger partial charge in [0.05, 0.1) is 7.11 Å². The first kappa shape index (κ1) is 11.5. The summed E-state index contributed by atoms with van der Waals surface area (Å²) in [6, 6.07) is 0. The number of rotatable bonds is 3. The van der Waals surface area contributed by atoms with E-state index in [0.717, 1.165) is 25.7 Å². The normalized spacial score (nSPS) is 28.1. The van der Waals surface area contributed by atoms with Gasteiger partial charge in [-0.1, -0.05) is 19.3 Å². The summed E-state index contributed by atoms with van der Waals surface area (Å²) < 4.78 is 18.1. The van der Waals surface area contributed by atoms with Crippen LogP contribution >= 0.6 is 0 Å². The maximum Gasteiger partial charge on any atom is 0.305 e. The molecule has 0 aromatic carbocycles. The zero-order chi connectivity index (χ0) is 10.4. The summed E-state index contributed by atoms with van der Waals surface area (Å²) in [7, 11) is 1.38. The Morgan fingerprint density at radius 2 is 2.07 bits per heavy atom. The number of alkyl halides is 1. The van der Waals surface area contributed by atoms with Gasteiger partial charge < -0.3 is 4.74 Å². The molecule has 0 bridgehead atoms. The molecule has 0 aromatic rings. The molecular formula is C11H19FO2. The van der Waals surface area contributed by atoms with E-state index in [1.165, 1.54) is 7.11 Å². The monoisotopic (exact) mass is 202 g/mol. The van der Waals surface area contributed by atoms with Crippen molar-refractivity contribution in [2.24, 2.45) is 5.92 Å². The predicted octanol–water partition coefficient (Wildman–Crippen LogP) is 2.86. The highest BCUT2D eigenvalue weighted by atomic mass is 19.1. The summed E-state index contributed by atoms with van der Waals surface area (Å²) in [5, 5.41) is 0. The molecule has 0 aliphatic heterocycles. The Morgan fingerprint density at radius 1 is 1.36 bits per heavy atom. The van der Waals surface area contributed by atoms with E-state index >= 15 is 0 Å². The molecule has 1 fully saturated rings. The highest BCUT2D eigenvalue weighted by molar-refractivity contribution is 5.69. The second-order valence-electron chi connectivity index (χ2n) is 4.03. The topological polar surface area (TPSA) is 26.3 Å². The smallest absolute Gasteiger partial charge is 0.305 e. The molecular weight excluding hydrogens is 183 g/mol. The van der Waals surface area contributed by atoms with Crippen LogP contribution in [-0.4, -0.2) is 19.3 Å². The largest absolute Gasteiger partial charge is 0.469 e. The van der Waals surface area contributed by atoms with Gasteiger partial charge in [-0.25, -0.2) is 4.39 Å². The molecule has 0 saturated heterocycles. The van der Waals surface area contributed by atoms with E-state index in [9.17, 15) is 9.18 Å². The fraction of sp³-hybridized carbons (Fsp3) is 0.909. The van der Waals surface area contributed by atoms with Crippen molar-refractivity contribution in [2.45, 2.75) is 51.1 Å². The number of carbonyl (C=O) groups is 1. The molecule has 3 heteroatoms. The molecule has 0 heterocycles. The van der Waals surface area contributed by atoms with Crippen molar-refractivity contribution in [3.63, 3.8) is 0 Å². The van der Waals surface area contributed by atoms with Gasteiger partial charge in [0.1, 0.15) is 6.17 Å². The zero-order valence-electron chi connectivity index (χ0n) is 8.80. The summed E-state index contributed by atoms with van der Waals surface area (Å²) in [5.41, 5.74) is 0. The lowest BCUT2D eigenvalue weighted by Gasteiger charge is -2.17. The number of halogens is 1. The van der Waals surface area contributed by atoms with Crippen LogP contribution in [0.3, 0.4) is 0 Å². The van der Waals surface area contributed by atoms with Crippen LogP contribution in [-0.2, 0) is 9.53 Å². The average molecular weight is 202 g/mol. The van der Waals surface area contributed by atoms with Crippen LogP contribution in [0.2, 0.25) is 0 Å². The van der Waals surface area contributed by atoms with Gasteiger partial charge in [0, 0.05) is 6.42 Å². The van der Waals surface area contributed by atoms with Crippen molar-refractivity contribution >= 4 is 5.97 Å². The Kier molecular flexibility index (Phi) is 4.91. The van der Waals surface area contributed by atoms with Crippen LogP contribution in [0, 0.1) is 5.92 Å². The van der Waals surface area contributed by atoms with Gasteiger partial charge in [-0.2, -0.15) is 0 Å². The Morgan fingerprint density at radius 3 is 2.79 bits per heavy atom. The predicted molar refractivity (Wildman–Crippen MR) is 52.7 cm³/mol. The molecule has 1 aliphatic rings. The van der Waals surface area contributed by atoms with Gasteiger partial charge in [-0.3, -0.25) is 4.79 Å². The summed E-state index contributed by atoms with van der Waals surface area (Å²) in [4.78, 5) is 10.9. The number of ether oxygens (including phenoxy) is 1. The minimum atomic E-state index is -0.706. The first-order valence-electron chi connectivity index (χ1n) is 5.45. The van der Waals surface area contributed by atoms with Crippen molar-refractivity contribution < 1.29 is 13.9 Å². The third-order valence-corrected chi connectivity index (χ3v) is 3.01. The number of carbonyl (C=O) groups excluding carboxylic acids is 1. The van der Waals surface area contributed by atoms with Crippen molar-refractivity contribution in [3.8, 4) is 0 Å². The van der Waals surface area contributed by atoms with Crippen LogP contribution < -0.4 is 0 Å². The second kappa shape index (κ2) is 5.99. The van der Waals surface area contributed by atoms with E-state index in [2.05, 4.69) is 4.74 Å². The maximum absolute atomic E-state index is 13.5. The van der Waals surface area contributed by atoms with Gasteiger partial charge >= 0.3 is 5.97 Å². The van der Waals surface area contributed by atoms with Crippen LogP contribution in [0.1, 0.15) is 44.9 Å². The molecule has 0 aromatic heterocycles. The summed E-state index contributed by atoms with van der Waals surface area (Å²) in [5.74, 6) is -0.141. The zero-order valence-corrected chi connectivity index (χ0v) is 8.80. The summed E-state index contributed by atoms with van der Waals surface area (Å²) >= 11 is 0. The number of hydrogen-bond donors (Lipinski definition) is 0. The van der Waals surface area contributed by atoms with Crippen molar-refractivity contribution in [2.75, 3.05) is 7.11 Å². The van der Waals surface area contributed by atoms with E-state index in [1.54, 1.807) is 0 Å². The average Bonchev–Trinajstić information content (AvgIpc) is 2.39.